The maximum absolute atomic E-state index is 8.94. The number of rotatable bonds is 16. The SMILES string of the molecule is CCCCCCCCNCC(=CCCC(C)=CCO)CCC=C(C)C. The van der Waals surface area contributed by atoms with Crippen LogP contribution in [0.5, 0.6) is 0 Å². The van der Waals surface area contributed by atoms with Crippen LogP contribution in [0.4, 0.5) is 0 Å². The molecule has 25 heavy (non-hydrogen) atoms. The third-order valence-corrected chi connectivity index (χ3v) is 4.49. The van der Waals surface area contributed by atoms with Gasteiger partial charge >= 0.3 is 0 Å². The molecule has 2 heteroatoms. The first-order valence-electron chi connectivity index (χ1n) is 10.4. The number of hydrogen-bond donors (Lipinski definition) is 2. The number of nitrogens with one attached hydrogen (secondary N) is 1. The lowest BCUT2D eigenvalue weighted by molar-refractivity contribution is 0.341. The lowest BCUT2D eigenvalue weighted by Gasteiger charge is -2.09. The summed E-state index contributed by atoms with van der Waals surface area (Å²) in [6.45, 7) is 11.0. The number of allylic oxidation sites excluding steroid dienone is 4. The molecule has 0 bridgehead atoms. The Morgan fingerprint density at radius 1 is 0.840 bits per heavy atom. The molecule has 2 N–H and O–H groups in total. The maximum atomic E-state index is 8.94. The van der Waals surface area contributed by atoms with E-state index in [1.165, 1.54) is 55.2 Å². The smallest absolute Gasteiger partial charge is 0.0614 e. The van der Waals surface area contributed by atoms with Crippen molar-refractivity contribution in [1.82, 2.24) is 5.32 Å². The van der Waals surface area contributed by atoms with Gasteiger partial charge in [-0.1, -0.05) is 74.0 Å². The van der Waals surface area contributed by atoms with Crippen molar-refractivity contribution in [2.24, 2.45) is 0 Å². The molecule has 2 nitrogen and oxygen atoms in total. The van der Waals surface area contributed by atoms with E-state index in [9.17, 15) is 0 Å². The highest BCUT2D eigenvalue weighted by molar-refractivity contribution is 5.09. The van der Waals surface area contributed by atoms with Crippen molar-refractivity contribution in [2.75, 3.05) is 19.7 Å². The van der Waals surface area contributed by atoms with Crippen LogP contribution in [-0.2, 0) is 0 Å². The van der Waals surface area contributed by atoms with E-state index in [4.69, 9.17) is 5.11 Å². The van der Waals surface area contributed by atoms with E-state index in [0.29, 0.717) is 0 Å². The van der Waals surface area contributed by atoms with Crippen molar-refractivity contribution in [3.8, 4) is 0 Å². The summed E-state index contributed by atoms with van der Waals surface area (Å²) < 4.78 is 0. The summed E-state index contributed by atoms with van der Waals surface area (Å²) in [7, 11) is 0. The molecule has 0 aromatic carbocycles. The molecule has 0 radical (unpaired) electrons. The standard InChI is InChI=1S/C23H43NO/c1-5-6-7-8-9-10-18-24-20-23(15-11-13-21(2)3)16-12-14-22(4)17-19-25/h13,16-17,24-25H,5-12,14-15,18-20H2,1-4H3. The van der Waals surface area contributed by atoms with Gasteiger partial charge in [-0.05, 0) is 59.4 Å². The zero-order valence-corrected chi connectivity index (χ0v) is 17.4. The molecule has 146 valence electrons. The van der Waals surface area contributed by atoms with Gasteiger partial charge in [-0.25, -0.2) is 0 Å². The number of aliphatic hydroxyl groups excluding tert-OH is 1. The molecule has 0 unspecified atom stereocenters. The first kappa shape index (κ1) is 24.1. The van der Waals surface area contributed by atoms with Crippen LogP contribution in [0.3, 0.4) is 0 Å². The predicted molar refractivity (Wildman–Crippen MR) is 113 cm³/mol. The highest BCUT2D eigenvalue weighted by Crippen LogP contribution is 2.12. The predicted octanol–water partition coefficient (Wildman–Crippen LogP) is 6.33. The third kappa shape index (κ3) is 17.7. The van der Waals surface area contributed by atoms with Gasteiger partial charge in [0.05, 0.1) is 6.61 Å². The Hall–Kier alpha value is -0.860. The van der Waals surface area contributed by atoms with Gasteiger partial charge in [0.25, 0.3) is 0 Å². The van der Waals surface area contributed by atoms with Gasteiger partial charge in [0, 0.05) is 6.54 Å². The molecule has 0 aliphatic rings. The van der Waals surface area contributed by atoms with E-state index < -0.39 is 0 Å². The van der Waals surface area contributed by atoms with Crippen LogP contribution in [0.1, 0.15) is 91.9 Å². The van der Waals surface area contributed by atoms with Crippen LogP contribution < -0.4 is 5.32 Å². The molecular formula is C23H43NO. The molecule has 0 atom stereocenters. The van der Waals surface area contributed by atoms with E-state index in [1.807, 2.05) is 6.08 Å². The lowest BCUT2D eigenvalue weighted by Crippen LogP contribution is -2.18. The minimum atomic E-state index is 0.156. The van der Waals surface area contributed by atoms with Crippen LogP contribution in [0.2, 0.25) is 0 Å². The molecule has 0 fully saturated rings. The van der Waals surface area contributed by atoms with Crippen LogP contribution in [0.15, 0.2) is 34.9 Å². The molecule has 0 spiro atoms. The second-order valence-corrected chi connectivity index (χ2v) is 7.40. The molecule has 0 aliphatic carbocycles. The quantitative estimate of drug-likeness (QED) is 0.252. The Morgan fingerprint density at radius 3 is 2.20 bits per heavy atom. The van der Waals surface area contributed by atoms with Gasteiger partial charge in [-0.2, -0.15) is 0 Å². The molecule has 0 saturated carbocycles. The van der Waals surface area contributed by atoms with Gasteiger partial charge in [0.1, 0.15) is 0 Å². The van der Waals surface area contributed by atoms with Crippen molar-refractivity contribution in [3.63, 3.8) is 0 Å². The Bertz CT molecular complexity index is 389. The van der Waals surface area contributed by atoms with E-state index in [0.717, 1.165) is 38.8 Å². The molecular weight excluding hydrogens is 306 g/mol. The number of aliphatic hydroxyl groups is 1. The number of unbranched alkanes of at least 4 members (excludes halogenated alkanes) is 5. The van der Waals surface area contributed by atoms with Gasteiger partial charge in [-0.15, -0.1) is 0 Å². The highest BCUT2D eigenvalue weighted by Gasteiger charge is 1.98. The number of hydrogen-bond acceptors (Lipinski definition) is 2. The molecule has 0 rings (SSSR count). The largest absolute Gasteiger partial charge is 0.392 e. The van der Waals surface area contributed by atoms with Gasteiger partial charge in [-0.3, -0.25) is 0 Å². The molecule has 0 saturated heterocycles. The van der Waals surface area contributed by atoms with Crippen molar-refractivity contribution >= 4 is 0 Å². The Labute approximate surface area is 157 Å². The third-order valence-electron chi connectivity index (χ3n) is 4.49. The molecule has 0 aliphatic heterocycles. The monoisotopic (exact) mass is 349 g/mol. The molecule has 0 aromatic rings. The fourth-order valence-corrected chi connectivity index (χ4v) is 2.85. The summed E-state index contributed by atoms with van der Waals surface area (Å²) in [4.78, 5) is 0. The summed E-state index contributed by atoms with van der Waals surface area (Å²) in [6, 6.07) is 0. The second kappa shape index (κ2) is 17.9. The average Bonchev–Trinajstić information content (AvgIpc) is 2.56. The Morgan fingerprint density at radius 2 is 1.52 bits per heavy atom. The molecule has 0 amide bonds. The van der Waals surface area contributed by atoms with Crippen molar-refractivity contribution in [1.29, 1.82) is 0 Å². The summed E-state index contributed by atoms with van der Waals surface area (Å²) in [6.07, 6.45) is 19.2. The van der Waals surface area contributed by atoms with E-state index in [1.54, 1.807) is 0 Å². The second-order valence-electron chi connectivity index (χ2n) is 7.40. The lowest BCUT2D eigenvalue weighted by atomic mass is 10.0. The Balaban J connectivity index is 4.12. The summed E-state index contributed by atoms with van der Waals surface area (Å²) >= 11 is 0. The highest BCUT2D eigenvalue weighted by atomic mass is 16.2. The minimum Gasteiger partial charge on any atom is -0.392 e. The first-order chi connectivity index (χ1) is 12.1. The zero-order valence-electron chi connectivity index (χ0n) is 17.4. The fraction of sp³-hybridized carbons (Fsp3) is 0.739. The van der Waals surface area contributed by atoms with Crippen molar-refractivity contribution < 1.29 is 5.11 Å². The van der Waals surface area contributed by atoms with Gasteiger partial charge in [0.15, 0.2) is 0 Å². The average molecular weight is 350 g/mol. The van der Waals surface area contributed by atoms with Crippen molar-refractivity contribution in [3.05, 3.63) is 34.9 Å². The normalized spacial score (nSPS) is 12.5. The van der Waals surface area contributed by atoms with E-state index >= 15 is 0 Å². The topological polar surface area (TPSA) is 32.3 Å². The molecule has 0 aromatic heterocycles. The van der Waals surface area contributed by atoms with Crippen LogP contribution in [-0.4, -0.2) is 24.8 Å². The zero-order chi connectivity index (χ0) is 18.8. The van der Waals surface area contributed by atoms with Gasteiger partial charge < -0.3 is 10.4 Å². The van der Waals surface area contributed by atoms with Crippen molar-refractivity contribution in [2.45, 2.75) is 91.9 Å². The first-order valence-corrected chi connectivity index (χ1v) is 10.4. The van der Waals surface area contributed by atoms with Crippen LogP contribution >= 0.6 is 0 Å². The van der Waals surface area contributed by atoms with Crippen LogP contribution in [0, 0.1) is 0 Å². The van der Waals surface area contributed by atoms with E-state index in [2.05, 4.69) is 45.2 Å². The summed E-state index contributed by atoms with van der Waals surface area (Å²) in [5.41, 5.74) is 4.21. The Kier molecular flexibility index (Phi) is 17.3. The van der Waals surface area contributed by atoms with Gasteiger partial charge in [0.2, 0.25) is 0 Å². The maximum Gasteiger partial charge on any atom is 0.0614 e. The van der Waals surface area contributed by atoms with Crippen LogP contribution in [0.25, 0.3) is 0 Å². The molecule has 0 heterocycles. The fourth-order valence-electron chi connectivity index (χ4n) is 2.85. The minimum absolute atomic E-state index is 0.156. The summed E-state index contributed by atoms with van der Waals surface area (Å²) in [5.74, 6) is 0. The summed E-state index contributed by atoms with van der Waals surface area (Å²) in [5, 5.41) is 12.6. The van der Waals surface area contributed by atoms with E-state index in [-0.39, 0.29) is 6.61 Å².